The van der Waals surface area contributed by atoms with Crippen LogP contribution in [0.2, 0.25) is 0 Å². The Kier molecular flexibility index (Phi) is 14.8. The standard InChI is InChI=1S/C31H38N2O6.C25H33BrN2O6/c1-4-20-17-33-13-12-30-28-26(37-3)11-10-22(21-8-6-5-7-9-21)29(28)32-31(30,39-15-14-38-30)27(33)16-23(20)24(19-36-2)25(35)18-34;1-4-15-12-28-8-7-24-22-20(32-3)6-5-18(26)23(22)27-25(24,34-10-9-33-24)21(28)11-16(15)17(14-31-2)19(30)13-29/h5-11,19-20,23,27,32,34H,4,12-18H2,1-3H3;5-6,14-16,21,27,29H,4,7-13H2,1-3H3/b24-19+;17-14+/t20-,23+,27+,30+,31+;15-,16+,21+,24+,25+/m11/s1. The molecule has 73 heavy (non-hydrogen) atoms. The maximum absolute atomic E-state index is 12.9. The molecule has 6 saturated heterocycles. The van der Waals surface area contributed by atoms with Gasteiger partial charge in [-0.05, 0) is 95.1 Å². The van der Waals surface area contributed by atoms with Crippen molar-refractivity contribution in [2.24, 2.45) is 23.7 Å². The molecule has 0 bridgehead atoms. The molecule has 10 atom stereocenters. The number of nitrogens with zero attached hydrogens (tertiary/aromatic N) is 2. The summed E-state index contributed by atoms with van der Waals surface area (Å²) in [7, 11) is 6.49. The number of halogens is 1. The number of aliphatic hydroxyl groups excluding tert-OH is 2. The summed E-state index contributed by atoms with van der Waals surface area (Å²) in [6.07, 6.45) is 7.78. The lowest BCUT2D eigenvalue weighted by Gasteiger charge is -2.61. The molecule has 0 spiro atoms. The quantitative estimate of drug-likeness (QED) is 0.102. The molecule has 16 nitrogen and oxygen atoms in total. The van der Waals surface area contributed by atoms with Gasteiger partial charge in [-0.2, -0.15) is 0 Å². The van der Waals surface area contributed by atoms with E-state index in [4.69, 9.17) is 37.9 Å². The predicted octanol–water partition coefficient (Wildman–Crippen LogP) is 6.97. The lowest BCUT2D eigenvalue weighted by Crippen LogP contribution is -2.75. The van der Waals surface area contributed by atoms with E-state index in [9.17, 15) is 19.8 Å². The van der Waals surface area contributed by atoms with Crippen LogP contribution in [0.15, 0.2) is 82.7 Å². The van der Waals surface area contributed by atoms with Gasteiger partial charge in [0.05, 0.1) is 102 Å². The first kappa shape index (κ1) is 51.9. The van der Waals surface area contributed by atoms with E-state index in [0.29, 0.717) is 50.4 Å². The van der Waals surface area contributed by atoms with Gasteiger partial charge in [0.1, 0.15) is 35.9 Å². The SMILES string of the molecule is CC[C@@H]1CN2CC[C@@]34OCCO[C@@]3(Nc3c(-c5ccccc5)ccc(OC)c34)[C@@H]2C[C@@H]1/C(=C\OC)C(=O)CO.CC[C@@H]1CN2CC[C@@]34OCCO[C@@]3(Nc3c(Br)ccc(OC)c34)[C@@H]2C[C@@H]1/C(=C\OC)C(=O)CO. The molecule has 8 aliphatic rings. The highest BCUT2D eigenvalue weighted by atomic mass is 79.9. The van der Waals surface area contributed by atoms with Crippen LogP contribution in [0.25, 0.3) is 11.1 Å². The number of Topliss-reactive ketones (excluding diaryl/α,β-unsaturated/α-hetero) is 2. The Morgan fingerprint density at radius 2 is 1.14 bits per heavy atom. The van der Waals surface area contributed by atoms with Crippen molar-refractivity contribution in [1.29, 1.82) is 0 Å². The van der Waals surface area contributed by atoms with E-state index in [2.05, 4.69) is 68.4 Å². The Labute approximate surface area is 436 Å². The molecule has 0 unspecified atom stereocenters. The van der Waals surface area contributed by atoms with Gasteiger partial charge in [-0.25, -0.2) is 0 Å². The van der Waals surface area contributed by atoms with Gasteiger partial charge < -0.3 is 58.7 Å². The number of hydrogen-bond acceptors (Lipinski definition) is 16. The number of ketones is 2. The van der Waals surface area contributed by atoms with E-state index >= 15 is 0 Å². The molecule has 4 N–H and O–H groups in total. The number of carbonyl (C=O) groups excluding carboxylic acids is 2. The molecule has 8 heterocycles. The fourth-order valence-electron chi connectivity index (χ4n) is 14.5. The number of piperidine rings is 4. The van der Waals surface area contributed by atoms with Gasteiger partial charge in [-0.15, -0.1) is 0 Å². The smallest absolute Gasteiger partial charge is 0.188 e. The van der Waals surface area contributed by atoms with Crippen molar-refractivity contribution in [1.82, 2.24) is 9.80 Å². The van der Waals surface area contributed by atoms with Crippen molar-refractivity contribution in [3.05, 3.63) is 93.9 Å². The maximum atomic E-state index is 12.9. The van der Waals surface area contributed by atoms with Gasteiger partial charge in [0.2, 0.25) is 0 Å². The second-order valence-corrected chi connectivity index (χ2v) is 21.4. The highest BCUT2D eigenvalue weighted by Crippen LogP contribution is 2.65. The molecule has 0 aromatic heterocycles. The highest BCUT2D eigenvalue weighted by Gasteiger charge is 2.72. The summed E-state index contributed by atoms with van der Waals surface area (Å²) in [5, 5.41) is 27.1. The number of fused-ring (bicyclic) bond motifs is 4. The molecule has 394 valence electrons. The van der Waals surface area contributed by atoms with Gasteiger partial charge in [-0.3, -0.25) is 19.4 Å². The minimum absolute atomic E-state index is 0.0508. The summed E-state index contributed by atoms with van der Waals surface area (Å²) in [4.78, 5) is 30.6. The summed E-state index contributed by atoms with van der Waals surface area (Å²) in [5.74, 6) is 1.38. The molecule has 8 aliphatic heterocycles. The normalized spacial score (nSPS) is 33.2. The molecule has 0 amide bonds. The van der Waals surface area contributed by atoms with Crippen LogP contribution in [0.1, 0.15) is 63.5 Å². The Balaban J connectivity index is 0.000000169. The molecule has 3 aromatic rings. The molecule has 0 saturated carbocycles. The molecule has 0 radical (unpaired) electrons. The topological polar surface area (TPSA) is 179 Å². The van der Waals surface area contributed by atoms with E-state index < -0.39 is 35.9 Å². The largest absolute Gasteiger partial charge is 0.504 e. The maximum Gasteiger partial charge on any atom is 0.188 e. The van der Waals surface area contributed by atoms with Gasteiger partial charge in [0.25, 0.3) is 0 Å². The van der Waals surface area contributed by atoms with E-state index in [1.165, 1.54) is 12.5 Å². The summed E-state index contributed by atoms with van der Waals surface area (Å²) in [6, 6.07) is 18.3. The van der Waals surface area contributed by atoms with Crippen molar-refractivity contribution in [3.63, 3.8) is 0 Å². The highest BCUT2D eigenvalue weighted by molar-refractivity contribution is 9.10. The van der Waals surface area contributed by atoms with E-state index in [1.54, 1.807) is 28.4 Å². The van der Waals surface area contributed by atoms with Crippen molar-refractivity contribution in [3.8, 4) is 22.6 Å². The van der Waals surface area contributed by atoms with Crippen LogP contribution in [-0.4, -0.2) is 149 Å². The second kappa shape index (κ2) is 20.9. The molecular weight excluding hydrogens is 1000 g/mol. The zero-order valence-electron chi connectivity index (χ0n) is 42.9. The lowest BCUT2D eigenvalue weighted by molar-refractivity contribution is -0.297. The van der Waals surface area contributed by atoms with Crippen molar-refractivity contribution in [2.75, 3.05) is 105 Å². The fourth-order valence-corrected chi connectivity index (χ4v) is 14.9. The van der Waals surface area contributed by atoms with Crippen LogP contribution >= 0.6 is 15.9 Å². The number of nitrogens with one attached hydrogen (secondary N) is 2. The monoisotopic (exact) mass is 1070 g/mol. The van der Waals surface area contributed by atoms with E-state index in [-0.39, 0.29) is 47.3 Å². The molecule has 6 fully saturated rings. The first-order chi connectivity index (χ1) is 35.5. The van der Waals surface area contributed by atoms with Crippen LogP contribution < -0.4 is 20.1 Å². The Morgan fingerprint density at radius 1 is 0.671 bits per heavy atom. The molecular formula is C56H71BrN4O12. The van der Waals surface area contributed by atoms with Gasteiger partial charge >= 0.3 is 0 Å². The van der Waals surface area contributed by atoms with Crippen LogP contribution in [0.5, 0.6) is 11.5 Å². The number of ether oxygens (including phenoxy) is 8. The third-order valence-electron chi connectivity index (χ3n) is 17.6. The molecule has 11 rings (SSSR count). The summed E-state index contributed by atoms with van der Waals surface area (Å²) < 4.78 is 50.4. The summed E-state index contributed by atoms with van der Waals surface area (Å²) in [5.41, 5.74) is 4.10. The van der Waals surface area contributed by atoms with E-state index in [1.807, 2.05) is 36.4 Å². The number of carbonyl (C=O) groups is 2. The lowest BCUT2D eigenvalue weighted by atomic mass is 9.66. The van der Waals surface area contributed by atoms with Gasteiger partial charge in [0.15, 0.2) is 23.0 Å². The number of aliphatic hydroxyl groups is 2. The van der Waals surface area contributed by atoms with Crippen LogP contribution in [0, 0.1) is 23.7 Å². The Bertz CT molecular complexity index is 2620. The van der Waals surface area contributed by atoms with E-state index in [0.717, 1.165) is 101 Å². The summed E-state index contributed by atoms with van der Waals surface area (Å²) >= 11 is 3.72. The number of rotatable bonds is 13. The first-order valence-electron chi connectivity index (χ1n) is 26.0. The number of methoxy groups -OCH3 is 4. The predicted molar refractivity (Wildman–Crippen MR) is 277 cm³/mol. The van der Waals surface area contributed by atoms with Crippen molar-refractivity contribution in [2.45, 2.75) is 87.1 Å². The zero-order chi connectivity index (χ0) is 51.3. The number of anilines is 2. The molecule has 17 heteroatoms. The average molecular weight is 1070 g/mol. The minimum Gasteiger partial charge on any atom is -0.504 e. The van der Waals surface area contributed by atoms with Crippen LogP contribution in [0.4, 0.5) is 11.4 Å². The van der Waals surface area contributed by atoms with Crippen LogP contribution in [0.3, 0.4) is 0 Å². The fraction of sp³-hybridized carbons (Fsp3) is 0.571. The zero-order valence-corrected chi connectivity index (χ0v) is 44.5. The average Bonchev–Trinajstić information content (AvgIpc) is 3.96. The minimum atomic E-state index is -0.860. The molecule has 0 aliphatic carbocycles. The van der Waals surface area contributed by atoms with Crippen molar-refractivity contribution < 1.29 is 57.7 Å². The summed E-state index contributed by atoms with van der Waals surface area (Å²) in [6.45, 7) is 8.56. The third-order valence-corrected chi connectivity index (χ3v) is 18.2. The Hall–Kier alpha value is -4.56. The first-order valence-corrected chi connectivity index (χ1v) is 26.8. The van der Waals surface area contributed by atoms with Crippen LogP contribution in [-0.2, 0) is 49.2 Å². The number of hydrogen-bond donors (Lipinski definition) is 4. The van der Waals surface area contributed by atoms with Crippen molar-refractivity contribution >= 4 is 38.9 Å². The molecule has 3 aromatic carbocycles. The van der Waals surface area contributed by atoms with Gasteiger partial charge in [0, 0.05) is 47.4 Å². The second-order valence-electron chi connectivity index (χ2n) is 20.5. The Morgan fingerprint density at radius 3 is 1.60 bits per heavy atom. The number of benzene rings is 3. The third kappa shape index (κ3) is 8.05. The van der Waals surface area contributed by atoms with Gasteiger partial charge in [-0.1, -0.05) is 57.0 Å².